The molecule has 0 aromatic heterocycles. The number of ether oxygens (including phenoxy) is 6. The van der Waals surface area contributed by atoms with E-state index in [1.807, 2.05) is 0 Å². The van der Waals surface area contributed by atoms with Crippen molar-refractivity contribution in [1.29, 1.82) is 0 Å². The molecule has 1 aromatic rings. The minimum Gasteiger partial charge on any atom is -0.462 e. The third-order valence-corrected chi connectivity index (χ3v) is 9.43. The van der Waals surface area contributed by atoms with Crippen LogP contribution in [0.2, 0.25) is 0 Å². The van der Waals surface area contributed by atoms with Crippen molar-refractivity contribution in [2.45, 2.75) is 70.9 Å². The van der Waals surface area contributed by atoms with Crippen LogP contribution in [0, 0.1) is 0 Å². The molecule has 3 unspecified atom stereocenters. The summed E-state index contributed by atoms with van der Waals surface area (Å²) in [5.74, 6) is -0.170. The molecular weight excluding hydrogens is 566 g/mol. The standard InChI is InChI=1S/C33H55N3O8/c1-27(37)3-8-31-25-32(43-28(2)38)26-33(44-31)42-18-10-30-6-4-29(5-7-30)9-12-35-13-15-36(35,16-14-35)17-20-40-22-24-41-23-21-39-19-11-34/h4-7,31-33H,3,8-26,34H2,1-2H3/q+2. The smallest absolute Gasteiger partial charge is 0.302 e. The average molecular weight is 622 g/mol. The molecule has 248 valence electrons. The van der Waals surface area contributed by atoms with Crippen LogP contribution >= 0.6 is 0 Å². The summed E-state index contributed by atoms with van der Waals surface area (Å²) in [7, 11) is 0. The van der Waals surface area contributed by atoms with E-state index in [4.69, 9.17) is 34.2 Å². The zero-order valence-electron chi connectivity index (χ0n) is 26.9. The maximum absolute atomic E-state index is 11.5. The second-order valence-electron chi connectivity index (χ2n) is 12.5. The number of hydrogen-bond acceptors (Lipinski definition) is 9. The molecule has 0 amide bonds. The van der Waals surface area contributed by atoms with Crippen LogP contribution in [0.3, 0.4) is 0 Å². The molecule has 44 heavy (non-hydrogen) atoms. The normalized spacial score (nSPS) is 27.7. The SMILES string of the molecule is CC(=O)CCC1CC(OC(C)=O)CC(OCCc2ccc(CC[N+]34CC[N+]3(CCOCCOCCOCCN)CC4)cc2)O1. The van der Waals surface area contributed by atoms with Crippen molar-refractivity contribution in [2.75, 3.05) is 92.1 Å². The predicted molar refractivity (Wildman–Crippen MR) is 164 cm³/mol. The summed E-state index contributed by atoms with van der Waals surface area (Å²) in [5, 5.41) is 0. The Bertz CT molecular complexity index is 1010. The van der Waals surface area contributed by atoms with Gasteiger partial charge in [0.1, 0.15) is 31.6 Å². The summed E-state index contributed by atoms with van der Waals surface area (Å²) in [6.45, 7) is 15.1. The molecule has 3 aliphatic rings. The lowest BCUT2D eigenvalue weighted by molar-refractivity contribution is -1.58. The van der Waals surface area contributed by atoms with Crippen LogP contribution in [0.5, 0.6) is 0 Å². The highest BCUT2D eigenvalue weighted by molar-refractivity contribution is 5.75. The highest BCUT2D eigenvalue weighted by Gasteiger charge is 2.67. The molecule has 0 saturated carbocycles. The minimum atomic E-state index is -0.435. The number of carbonyl (C=O) groups is 2. The van der Waals surface area contributed by atoms with Gasteiger partial charge in [-0.2, -0.15) is 9.18 Å². The number of Topliss-reactive ketones (excluding diaryl/α,β-unsaturated/α-hetero) is 1. The average Bonchev–Trinajstić information content (AvgIpc) is 2.99. The molecule has 0 bridgehead atoms. The number of benzene rings is 1. The number of nitrogens with two attached hydrogens (primary N) is 1. The Balaban J connectivity index is 1.12. The number of carbonyl (C=O) groups excluding carboxylic acids is 2. The van der Waals surface area contributed by atoms with Gasteiger partial charge in [-0.3, -0.25) is 4.79 Å². The monoisotopic (exact) mass is 621 g/mol. The van der Waals surface area contributed by atoms with E-state index in [0.29, 0.717) is 71.9 Å². The van der Waals surface area contributed by atoms with Crippen molar-refractivity contribution >= 4 is 11.8 Å². The molecule has 0 spiro atoms. The predicted octanol–water partition coefficient (Wildman–Crippen LogP) is 2.18. The Labute approximate surface area is 263 Å². The lowest BCUT2D eigenvalue weighted by Crippen LogP contribution is -2.93. The van der Waals surface area contributed by atoms with E-state index in [0.717, 1.165) is 26.0 Å². The van der Waals surface area contributed by atoms with Gasteiger partial charge in [-0.05, 0) is 30.9 Å². The summed E-state index contributed by atoms with van der Waals surface area (Å²) < 4.78 is 36.7. The van der Waals surface area contributed by atoms with Crippen LogP contribution in [-0.2, 0) is 50.9 Å². The molecule has 11 nitrogen and oxygen atoms in total. The van der Waals surface area contributed by atoms with E-state index in [9.17, 15) is 9.59 Å². The number of fused-ring (bicyclic) bond motifs is 1. The van der Waals surface area contributed by atoms with Crippen LogP contribution in [-0.4, -0.2) is 131 Å². The van der Waals surface area contributed by atoms with Gasteiger partial charge in [-0.1, -0.05) is 24.3 Å². The number of esters is 1. The first kappa shape index (κ1) is 34.9. The summed E-state index contributed by atoms with van der Waals surface area (Å²) in [6.07, 6.45) is 3.22. The Morgan fingerprint density at radius 3 is 1.98 bits per heavy atom. The van der Waals surface area contributed by atoms with Crippen molar-refractivity contribution in [3.8, 4) is 0 Å². The molecular formula is C33H55N3O8+2. The molecule has 3 aliphatic heterocycles. The van der Waals surface area contributed by atoms with Crippen LogP contribution in [0.15, 0.2) is 24.3 Å². The topological polar surface area (TPSA) is 116 Å². The fraction of sp³-hybridized carbons (Fsp3) is 0.758. The number of piperazine rings is 1. The summed E-state index contributed by atoms with van der Waals surface area (Å²) >= 11 is 0. The number of quaternary nitrogens is 2. The highest BCUT2D eigenvalue weighted by Crippen LogP contribution is 2.40. The van der Waals surface area contributed by atoms with Crippen molar-refractivity contribution in [3.05, 3.63) is 35.4 Å². The molecule has 1 aromatic carbocycles. The van der Waals surface area contributed by atoms with Gasteiger partial charge in [-0.25, -0.2) is 0 Å². The molecule has 3 fully saturated rings. The van der Waals surface area contributed by atoms with E-state index in [2.05, 4.69) is 24.3 Å². The third kappa shape index (κ3) is 10.3. The highest BCUT2D eigenvalue weighted by atomic mass is 16.7. The Kier molecular flexibility index (Phi) is 14.0. The molecule has 4 rings (SSSR count). The minimum absolute atomic E-state index is 0.130. The maximum atomic E-state index is 11.5. The molecule has 2 N–H and O–H groups in total. The van der Waals surface area contributed by atoms with E-state index in [1.54, 1.807) is 6.92 Å². The van der Waals surface area contributed by atoms with Gasteiger partial charge >= 0.3 is 5.97 Å². The van der Waals surface area contributed by atoms with Gasteiger partial charge in [0.15, 0.2) is 32.5 Å². The largest absolute Gasteiger partial charge is 0.462 e. The number of ketones is 1. The van der Waals surface area contributed by atoms with Crippen molar-refractivity contribution < 1.29 is 47.2 Å². The van der Waals surface area contributed by atoms with Crippen molar-refractivity contribution in [3.63, 3.8) is 0 Å². The van der Waals surface area contributed by atoms with E-state index >= 15 is 0 Å². The zero-order chi connectivity index (χ0) is 31.3. The first-order valence-corrected chi connectivity index (χ1v) is 16.5. The summed E-state index contributed by atoms with van der Waals surface area (Å²) in [4.78, 5) is 22.9. The van der Waals surface area contributed by atoms with Crippen LogP contribution in [0.25, 0.3) is 0 Å². The van der Waals surface area contributed by atoms with Crippen LogP contribution in [0.1, 0.15) is 50.7 Å². The number of nitrogens with zero attached hydrogens (tertiary/aromatic N) is 2. The van der Waals surface area contributed by atoms with Crippen molar-refractivity contribution in [2.24, 2.45) is 5.73 Å². The lowest BCUT2D eigenvalue weighted by atomic mass is 10.00. The Morgan fingerprint density at radius 1 is 0.795 bits per heavy atom. The van der Waals surface area contributed by atoms with Gasteiger partial charge in [-0.15, -0.1) is 0 Å². The summed E-state index contributed by atoms with van der Waals surface area (Å²) in [6, 6.07) is 8.90. The van der Waals surface area contributed by atoms with E-state index in [1.165, 1.54) is 60.0 Å². The molecule has 0 radical (unpaired) electrons. The second-order valence-corrected chi connectivity index (χ2v) is 12.5. The molecule has 3 atom stereocenters. The first-order valence-electron chi connectivity index (χ1n) is 16.5. The van der Waals surface area contributed by atoms with Gasteiger partial charge < -0.3 is 38.9 Å². The molecule has 11 heteroatoms. The third-order valence-electron chi connectivity index (χ3n) is 9.43. The second kappa shape index (κ2) is 17.7. The summed E-state index contributed by atoms with van der Waals surface area (Å²) in [5.41, 5.74) is 8.00. The van der Waals surface area contributed by atoms with Crippen LogP contribution < -0.4 is 5.73 Å². The van der Waals surface area contributed by atoms with Crippen molar-refractivity contribution in [1.82, 2.24) is 0 Å². The van der Waals surface area contributed by atoms with E-state index < -0.39 is 6.29 Å². The quantitative estimate of drug-likeness (QED) is 0.118. The van der Waals surface area contributed by atoms with E-state index in [-0.39, 0.29) is 24.0 Å². The first-order chi connectivity index (χ1) is 21.3. The lowest BCUT2D eigenvalue weighted by Gasteiger charge is -2.67. The fourth-order valence-electron chi connectivity index (χ4n) is 6.72. The zero-order valence-corrected chi connectivity index (χ0v) is 26.9. The van der Waals surface area contributed by atoms with Gasteiger partial charge in [0, 0.05) is 39.2 Å². The number of rotatable bonds is 22. The maximum Gasteiger partial charge on any atom is 0.302 e. The van der Waals surface area contributed by atoms with Gasteiger partial charge in [0.05, 0.1) is 45.7 Å². The number of hydrogen-bond donors (Lipinski definition) is 1. The Morgan fingerprint density at radius 2 is 1.39 bits per heavy atom. The van der Waals surface area contributed by atoms with Crippen LogP contribution in [0.4, 0.5) is 0 Å². The fourth-order valence-corrected chi connectivity index (χ4v) is 6.72. The molecule has 0 aliphatic carbocycles. The molecule has 3 saturated heterocycles. The Hall–Kier alpha value is -1.96. The molecule has 3 heterocycles. The van der Waals surface area contributed by atoms with Gasteiger partial charge in [0.2, 0.25) is 0 Å². The van der Waals surface area contributed by atoms with Gasteiger partial charge in [0.25, 0.3) is 0 Å².